The van der Waals surface area contributed by atoms with Gasteiger partial charge in [0.1, 0.15) is 30.5 Å². The average molecular weight is 587 g/mol. The zero-order valence-electron chi connectivity index (χ0n) is 24.5. The van der Waals surface area contributed by atoms with Crippen molar-refractivity contribution in [2.45, 2.75) is 33.5 Å². The molecule has 5 aromatic rings. The van der Waals surface area contributed by atoms with E-state index in [0.29, 0.717) is 47.0 Å². The number of rotatable bonds is 10. The first-order valence-electron chi connectivity index (χ1n) is 14.6. The van der Waals surface area contributed by atoms with Crippen LogP contribution in [0, 0.1) is 5.92 Å². The lowest BCUT2D eigenvalue weighted by Gasteiger charge is -2.30. The zero-order chi connectivity index (χ0) is 29.8. The van der Waals surface area contributed by atoms with Crippen molar-refractivity contribution in [3.63, 3.8) is 0 Å². The van der Waals surface area contributed by atoms with Crippen molar-refractivity contribution in [3.05, 3.63) is 144 Å². The molecule has 216 valence electrons. The third kappa shape index (κ3) is 6.16. The molecule has 0 aliphatic carbocycles. The minimum absolute atomic E-state index is 0.311. The van der Waals surface area contributed by atoms with Crippen LogP contribution in [0.15, 0.2) is 122 Å². The van der Waals surface area contributed by atoms with Crippen molar-refractivity contribution >= 4 is 24.1 Å². The predicted octanol–water partition coefficient (Wildman–Crippen LogP) is 8.97. The van der Waals surface area contributed by atoms with Crippen molar-refractivity contribution in [1.82, 2.24) is 0 Å². The Morgan fingerprint density at radius 2 is 1.35 bits per heavy atom. The van der Waals surface area contributed by atoms with Crippen LogP contribution in [0.3, 0.4) is 0 Å². The van der Waals surface area contributed by atoms with Crippen LogP contribution >= 0.6 is 7.37 Å². The summed E-state index contributed by atoms with van der Waals surface area (Å²) in [6.07, 6.45) is 2.85. The molecule has 0 spiro atoms. The molecule has 0 bridgehead atoms. The van der Waals surface area contributed by atoms with Gasteiger partial charge in [-0.2, -0.15) is 0 Å². The zero-order valence-corrected chi connectivity index (χ0v) is 25.4. The highest BCUT2D eigenvalue weighted by atomic mass is 31.2. The molecule has 0 aromatic heterocycles. The van der Waals surface area contributed by atoms with E-state index in [2.05, 4.69) is 44.7 Å². The van der Waals surface area contributed by atoms with Gasteiger partial charge in [0.2, 0.25) is 0 Å². The van der Waals surface area contributed by atoms with Gasteiger partial charge in [0.25, 0.3) is 0 Å². The summed E-state index contributed by atoms with van der Waals surface area (Å²) in [5.74, 6) is 2.28. The van der Waals surface area contributed by atoms with Gasteiger partial charge in [0.05, 0.1) is 10.6 Å². The SMILES string of the molecule is C=Cc1ccc(COc2ccc(OCc3ccc(CC(C)C)cc3)cc2P2(=O)Oc3ccccc3-c3ccccc32)cc1. The van der Waals surface area contributed by atoms with Crippen molar-refractivity contribution in [2.24, 2.45) is 5.92 Å². The van der Waals surface area contributed by atoms with Crippen molar-refractivity contribution in [1.29, 1.82) is 0 Å². The van der Waals surface area contributed by atoms with E-state index in [1.807, 2.05) is 97.1 Å². The van der Waals surface area contributed by atoms with Gasteiger partial charge in [-0.3, -0.25) is 4.57 Å². The molecule has 0 amide bonds. The Labute approximate surface area is 254 Å². The molecule has 5 heteroatoms. The summed E-state index contributed by atoms with van der Waals surface area (Å²) >= 11 is 0. The van der Waals surface area contributed by atoms with Crippen LogP contribution in [0.2, 0.25) is 0 Å². The first-order chi connectivity index (χ1) is 20.9. The van der Waals surface area contributed by atoms with Gasteiger partial charge in [-0.05, 0) is 70.5 Å². The van der Waals surface area contributed by atoms with E-state index < -0.39 is 7.37 Å². The van der Waals surface area contributed by atoms with Gasteiger partial charge in [0, 0.05) is 5.56 Å². The lowest BCUT2D eigenvalue weighted by atomic mass is 10.0. The smallest absolute Gasteiger partial charge is 0.311 e. The Hall–Kier alpha value is -4.53. The Bertz CT molecular complexity index is 1790. The molecule has 4 nitrogen and oxygen atoms in total. The van der Waals surface area contributed by atoms with Crippen molar-refractivity contribution < 1.29 is 18.6 Å². The molecule has 1 heterocycles. The minimum Gasteiger partial charge on any atom is -0.489 e. The number of para-hydroxylation sites is 1. The monoisotopic (exact) mass is 586 g/mol. The third-order valence-electron chi connectivity index (χ3n) is 7.56. The van der Waals surface area contributed by atoms with E-state index in [0.717, 1.165) is 34.2 Å². The molecule has 0 radical (unpaired) electrons. The molecule has 1 aliphatic heterocycles. The normalized spacial score (nSPS) is 15.2. The highest BCUT2D eigenvalue weighted by molar-refractivity contribution is 7.75. The Balaban J connectivity index is 1.35. The topological polar surface area (TPSA) is 44.8 Å². The average Bonchev–Trinajstić information content (AvgIpc) is 3.04. The molecule has 0 saturated carbocycles. The molecule has 1 aliphatic rings. The molecule has 0 N–H and O–H groups in total. The van der Waals surface area contributed by atoms with E-state index in [4.69, 9.17) is 14.0 Å². The van der Waals surface area contributed by atoms with E-state index in [9.17, 15) is 0 Å². The fraction of sp³-hybridized carbons (Fsp3) is 0.158. The molecule has 0 fully saturated rings. The molecular formula is C38H35O4P. The number of benzene rings is 5. The Morgan fingerprint density at radius 1 is 0.721 bits per heavy atom. The number of ether oxygens (including phenoxy) is 2. The molecule has 1 unspecified atom stereocenters. The summed E-state index contributed by atoms with van der Waals surface area (Å²) in [7, 11) is -3.62. The standard InChI is InChI=1S/C38H35O4P/c1-4-28-13-17-31(18-14-28)26-41-36-22-21-32(40-25-30-19-15-29(16-20-30)23-27(2)3)24-38(36)43(39)37-12-8-6-10-34(37)33-9-5-7-11-35(33)42-43/h4-22,24,27H,1,23,25-26H2,2-3H3. The maximum Gasteiger partial charge on any atom is 0.311 e. The maximum atomic E-state index is 15.1. The van der Waals surface area contributed by atoms with Crippen LogP contribution in [0.5, 0.6) is 17.2 Å². The largest absolute Gasteiger partial charge is 0.489 e. The highest BCUT2D eigenvalue weighted by Gasteiger charge is 2.40. The molecule has 0 saturated heterocycles. The Morgan fingerprint density at radius 3 is 2.07 bits per heavy atom. The lowest BCUT2D eigenvalue weighted by molar-refractivity contribution is 0.299. The second-order valence-corrected chi connectivity index (χ2v) is 13.5. The van der Waals surface area contributed by atoms with Crippen LogP contribution in [-0.4, -0.2) is 0 Å². The first kappa shape index (κ1) is 28.6. The minimum atomic E-state index is -3.62. The van der Waals surface area contributed by atoms with Crippen LogP contribution in [-0.2, 0) is 24.2 Å². The number of hydrogen-bond acceptors (Lipinski definition) is 4. The van der Waals surface area contributed by atoms with Crippen LogP contribution in [0.25, 0.3) is 17.2 Å². The number of fused-ring (bicyclic) bond motifs is 3. The van der Waals surface area contributed by atoms with Crippen molar-refractivity contribution in [2.75, 3.05) is 0 Å². The lowest BCUT2D eigenvalue weighted by Crippen LogP contribution is -2.26. The first-order valence-corrected chi connectivity index (χ1v) is 16.2. The second-order valence-electron chi connectivity index (χ2n) is 11.2. The molecule has 1 atom stereocenters. The van der Waals surface area contributed by atoms with E-state index in [1.165, 1.54) is 5.56 Å². The van der Waals surface area contributed by atoms with E-state index in [-0.39, 0.29) is 0 Å². The van der Waals surface area contributed by atoms with Crippen LogP contribution in [0.1, 0.15) is 36.1 Å². The van der Waals surface area contributed by atoms with Gasteiger partial charge >= 0.3 is 7.37 Å². The van der Waals surface area contributed by atoms with E-state index >= 15 is 4.57 Å². The van der Waals surface area contributed by atoms with Gasteiger partial charge in [-0.15, -0.1) is 0 Å². The molecule has 43 heavy (non-hydrogen) atoms. The van der Waals surface area contributed by atoms with Crippen molar-refractivity contribution in [3.8, 4) is 28.4 Å². The molecule has 6 rings (SSSR count). The quantitative estimate of drug-likeness (QED) is 0.153. The Kier molecular flexibility index (Phi) is 8.22. The van der Waals surface area contributed by atoms with Gasteiger partial charge in [-0.1, -0.05) is 111 Å². The summed E-state index contributed by atoms with van der Waals surface area (Å²) in [5, 5.41) is 1.12. The summed E-state index contributed by atoms with van der Waals surface area (Å²) < 4.78 is 34.1. The summed E-state index contributed by atoms with van der Waals surface area (Å²) in [6, 6.07) is 37.5. The summed E-state index contributed by atoms with van der Waals surface area (Å²) in [6.45, 7) is 8.97. The third-order valence-corrected chi connectivity index (χ3v) is 10.0. The summed E-state index contributed by atoms with van der Waals surface area (Å²) in [5.41, 5.74) is 6.22. The van der Waals surface area contributed by atoms with Gasteiger partial charge in [0.15, 0.2) is 0 Å². The maximum absolute atomic E-state index is 15.1. The summed E-state index contributed by atoms with van der Waals surface area (Å²) in [4.78, 5) is 0. The van der Waals surface area contributed by atoms with Gasteiger partial charge < -0.3 is 14.0 Å². The van der Waals surface area contributed by atoms with Gasteiger partial charge in [-0.25, -0.2) is 0 Å². The molecule has 5 aromatic carbocycles. The number of hydrogen-bond donors (Lipinski definition) is 0. The fourth-order valence-electron chi connectivity index (χ4n) is 5.35. The molecular weight excluding hydrogens is 551 g/mol. The van der Waals surface area contributed by atoms with E-state index in [1.54, 1.807) is 0 Å². The highest BCUT2D eigenvalue weighted by Crippen LogP contribution is 2.55. The van der Waals surface area contributed by atoms with Crippen LogP contribution < -0.4 is 24.6 Å². The van der Waals surface area contributed by atoms with Crippen LogP contribution in [0.4, 0.5) is 0 Å². The predicted molar refractivity (Wildman–Crippen MR) is 176 cm³/mol. The fourth-order valence-corrected chi connectivity index (χ4v) is 7.77. The second kappa shape index (κ2) is 12.4.